The van der Waals surface area contributed by atoms with Crippen LogP contribution in [-0.4, -0.2) is 24.2 Å². The zero-order valence-electron chi connectivity index (χ0n) is 17.1. The first kappa shape index (κ1) is 21.5. The first-order valence-electron chi connectivity index (χ1n) is 9.54. The van der Waals surface area contributed by atoms with Crippen molar-refractivity contribution in [3.8, 4) is 5.75 Å². The molecule has 1 unspecified atom stereocenters. The van der Waals surface area contributed by atoms with Crippen molar-refractivity contribution in [1.82, 2.24) is 0 Å². The van der Waals surface area contributed by atoms with Gasteiger partial charge in [-0.1, -0.05) is 23.8 Å². The summed E-state index contributed by atoms with van der Waals surface area (Å²) in [4.78, 5) is 25.9. The van der Waals surface area contributed by atoms with E-state index in [0.29, 0.717) is 16.9 Å². The Balaban J connectivity index is 1.60. The molecule has 154 valence electrons. The standard InChI is InChI=1S/C24H24N2O3S/c1-16-6-4-7-18(14-16)24(28)26-20-8-5-9-22(15-20)30-17(2)23(27)25-19-10-12-21(29-3)13-11-19/h4-15,17H,1-3H3,(H,25,27)(H,26,28). The van der Waals surface area contributed by atoms with Crippen molar-refractivity contribution in [1.29, 1.82) is 0 Å². The molecule has 0 aliphatic carbocycles. The molecule has 0 saturated carbocycles. The number of ether oxygens (including phenoxy) is 1. The van der Waals surface area contributed by atoms with E-state index in [1.807, 2.05) is 56.3 Å². The minimum atomic E-state index is -0.310. The summed E-state index contributed by atoms with van der Waals surface area (Å²) in [5, 5.41) is 5.51. The number of hydrogen-bond donors (Lipinski definition) is 2. The monoisotopic (exact) mass is 420 g/mol. The maximum absolute atomic E-state index is 12.5. The van der Waals surface area contributed by atoms with Gasteiger partial charge in [-0.2, -0.15) is 0 Å². The van der Waals surface area contributed by atoms with Crippen LogP contribution < -0.4 is 15.4 Å². The van der Waals surface area contributed by atoms with Gasteiger partial charge in [-0.05, 0) is 68.4 Å². The predicted octanol–water partition coefficient (Wildman–Crippen LogP) is 5.38. The number of aryl methyl sites for hydroxylation is 1. The van der Waals surface area contributed by atoms with Gasteiger partial charge in [0.2, 0.25) is 5.91 Å². The smallest absolute Gasteiger partial charge is 0.255 e. The van der Waals surface area contributed by atoms with Crippen LogP contribution in [0.5, 0.6) is 5.75 Å². The van der Waals surface area contributed by atoms with Crippen LogP contribution >= 0.6 is 11.8 Å². The molecule has 3 rings (SSSR count). The fraction of sp³-hybridized carbons (Fsp3) is 0.167. The van der Waals surface area contributed by atoms with E-state index >= 15 is 0 Å². The largest absolute Gasteiger partial charge is 0.497 e. The molecule has 1 atom stereocenters. The normalized spacial score (nSPS) is 11.4. The lowest BCUT2D eigenvalue weighted by Gasteiger charge is -2.13. The summed E-state index contributed by atoms with van der Waals surface area (Å²) in [6.45, 7) is 3.80. The molecular formula is C24H24N2O3S. The van der Waals surface area contributed by atoms with Crippen LogP contribution in [0.4, 0.5) is 11.4 Å². The minimum absolute atomic E-state index is 0.0978. The average Bonchev–Trinajstić information content (AvgIpc) is 2.74. The Hall–Kier alpha value is -3.25. The van der Waals surface area contributed by atoms with Gasteiger partial charge in [0.1, 0.15) is 5.75 Å². The van der Waals surface area contributed by atoms with Crippen LogP contribution in [0, 0.1) is 6.92 Å². The van der Waals surface area contributed by atoms with Gasteiger partial charge >= 0.3 is 0 Å². The number of thioether (sulfide) groups is 1. The molecular weight excluding hydrogens is 396 g/mol. The Kier molecular flexibility index (Phi) is 7.14. The molecule has 0 fully saturated rings. The highest BCUT2D eigenvalue weighted by molar-refractivity contribution is 8.00. The second-order valence-electron chi connectivity index (χ2n) is 6.83. The van der Waals surface area contributed by atoms with E-state index < -0.39 is 0 Å². The fourth-order valence-corrected chi connectivity index (χ4v) is 3.74. The quantitative estimate of drug-likeness (QED) is 0.504. The highest BCUT2D eigenvalue weighted by atomic mass is 32.2. The van der Waals surface area contributed by atoms with Crippen LogP contribution in [0.25, 0.3) is 0 Å². The third-order valence-corrected chi connectivity index (χ3v) is 5.51. The van der Waals surface area contributed by atoms with Crippen LogP contribution in [0.15, 0.2) is 77.7 Å². The Morgan fingerprint density at radius 1 is 0.900 bits per heavy atom. The van der Waals surface area contributed by atoms with Crippen LogP contribution in [0.3, 0.4) is 0 Å². The van der Waals surface area contributed by atoms with Crippen molar-refractivity contribution in [3.05, 3.63) is 83.9 Å². The van der Waals surface area contributed by atoms with Crippen molar-refractivity contribution in [3.63, 3.8) is 0 Å². The number of rotatable bonds is 7. The Labute approximate surface area is 180 Å². The maximum atomic E-state index is 12.5. The van der Waals surface area contributed by atoms with E-state index in [2.05, 4.69) is 10.6 Å². The zero-order valence-corrected chi connectivity index (χ0v) is 18.0. The number of anilines is 2. The van der Waals surface area contributed by atoms with Gasteiger partial charge in [0.25, 0.3) is 5.91 Å². The molecule has 0 saturated heterocycles. The molecule has 5 nitrogen and oxygen atoms in total. The first-order valence-corrected chi connectivity index (χ1v) is 10.4. The Morgan fingerprint density at radius 3 is 2.33 bits per heavy atom. The molecule has 6 heteroatoms. The molecule has 0 aromatic heterocycles. The van der Waals surface area contributed by atoms with E-state index in [4.69, 9.17) is 4.74 Å². The molecule has 3 aromatic carbocycles. The number of carbonyl (C=O) groups is 2. The van der Waals surface area contributed by atoms with E-state index in [1.165, 1.54) is 11.8 Å². The van der Waals surface area contributed by atoms with Crippen molar-refractivity contribution >= 4 is 35.0 Å². The van der Waals surface area contributed by atoms with Crippen molar-refractivity contribution < 1.29 is 14.3 Å². The molecule has 0 radical (unpaired) electrons. The average molecular weight is 421 g/mol. The summed E-state index contributed by atoms with van der Waals surface area (Å²) >= 11 is 1.43. The van der Waals surface area contributed by atoms with Gasteiger partial charge < -0.3 is 15.4 Å². The summed E-state index contributed by atoms with van der Waals surface area (Å²) in [7, 11) is 1.60. The summed E-state index contributed by atoms with van der Waals surface area (Å²) < 4.78 is 5.13. The lowest BCUT2D eigenvalue weighted by molar-refractivity contribution is -0.115. The van der Waals surface area contributed by atoms with Crippen LogP contribution in [-0.2, 0) is 4.79 Å². The van der Waals surface area contributed by atoms with E-state index in [0.717, 1.165) is 16.2 Å². The number of amides is 2. The second-order valence-corrected chi connectivity index (χ2v) is 8.24. The van der Waals surface area contributed by atoms with Gasteiger partial charge in [0.15, 0.2) is 0 Å². The molecule has 3 aromatic rings. The third kappa shape index (κ3) is 5.87. The minimum Gasteiger partial charge on any atom is -0.497 e. The lowest BCUT2D eigenvalue weighted by Crippen LogP contribution is -2.22. The van der Waals surface area contributed by atoms with E-state index in [9.17, 15) is 9.59 Å². The third-order valence-electron chi connectivity index (χ3n) is 4.41. The summed E-state index contributed by atoms with van der Waals surface area (Å²) in [6.07, 6.45) is 0. The molecule has 2 amide bonds. The zero-order chi connectivity index (χ0) is 21.5. The van der Waals surface area contributed by atoms with Crippen LogP contribution in [0.2, 0.25) is 0 Å². The van der Waals surface area contributed by atoms with Crippen molar-refractivity contribution in [2.24, 2.45) is 0 Å². The number of methoxy groups -OCH3 is 1. The van der Waals surface area contributed by atoms with E-state index in [1.54, 1.807) is 37.4 Å². The molecule has 0 bridgehead atoms. The fourth-order valence-electron chi connectivity index (χ4n) is 2.81. The summed E-state index contributed by atoms with van der Waals surface area (Å²) in [6, 6.07) is 22.1. The van der Waals surface area contributed by atoms with Gasteiger partial charge in [-0.15, -0.1) is 11.8 Å². The van der Waals surface area contributed by atoms with E-state index in [-0.39, 0.29) is 17.1 Å². The highest BCUT2D eigenvalue weighted by Crippen LogP contribution is 2.27. The molecule has 0 heterocycles. The summed E-state index contributed by atoms with van der Waals surface area (Å²) in [5.41, 5.74) is 3.05. The van der Waals surface area contributed by atoms with Gasteiger partial charge in [-0.25, -0.2) is 0 Å². The topological polar surface area (TPSA) is 67.4 Å². The SMILES string of the molecule is COc1ccc(NC(=O)C(C)Sc2cccc(NC(=O)c3cccc(C)c3)c2)cc1. The molecule has 30 heavy (non-hydrogen) atoms. The highest BCUT2D eigenvalue weighted by Gasteiger charge is 2.15. The van der Waals surface area contributed by atoms with Crippen molar-refractivity contribution in [2.45, 2.75) is 24.0 Å². The molecule has 0 aliphatic rings. The summed E-state index contributed by atoms with van der Waals surface area (Å²) in [5.74, 6) is 0.477. The number of nitrogens with one attached hydrogen (secondary N) is 2. The van der Waals surface area contributed by atoms with Gasteiger partial charge in [0, 0.05) is 21.8 Å². The van der Waals surface area contributed by atoms with Gasteiger partial charge in [-0.3, -0.25) is 9.59 Å². The number of hydrogen-bond acceptors (Lipinski definition) is 4. The van der Waals surface area contributed by atoms with Crippen LogP contribution in [0.1, 0.15) is 22.8 Å². The Morgan fingerprint density at radius 2 is 1.63 bits per heavy atom. The van der Waals surface area contributed by atoms with Crippen molar-refractivity contribution in [2.75, 3.05) is 17.7 Å². The number of carbonyl (C=O) groups excluding carboxylic acids is 2. The molecule has 0 spiro atoms. The number of benzene rings is 3. The first-order chi connectivity index (χ1) is 14.4. The molecule has 2 N–H and O–H groups in total. The second kappa shape index (κ2) is 9.98. The maximum Gasteiger partial charge on any atom is 0.255 e. The lowest BCUT2D eigenvalue weighted by atomic mass is 10.1. The Bertz CT molecular complexity index is 1030. The van der Waals surface area contributed by atoms with Gasteiger partial charge in [0.05, 0.1) is 12.4 Å². The molecule has 0 aliphatic heterocycles. The predicted molar refractivity (Wildman–Crippen MR) is 123 cm³/mol.